The molecule has 13 heteroatoms. The molecule has 3 aromatic carbocycles. The molecule has 1 saturated heterocycles. The summed E-state index contributed by atoms with van der Waals surface area (Å²) in [7, 11) is 0. The van der Waals surface area contributed by atoms with Crippen LogP contribution in [0.5, 0.6) is 5.75 Å². The van der Waals surface area contributed by atoms with Crippen LogP contribution in [-0.4, -0.2) is 60.6 Å². The molecule has 0 bridgehead atoms. The first-order chi connectivity index (χ1) is 22.9. The van der Waals surface area contributed by atoms with Crippen LogP contribution in [-0.2, 0) is 32.2 Å². The van der Waals surface area contributed by atoms with E-state index in [9.17, 15) is 19.8 Å². The summed E-state index contributed by atoms with van der Waals surface area (Å²) in [5.41, 5.74) is 4.38. The van der Waals surface area contributed by atoms with Crippen molar-refractivity contribution >= 4 is 23.6 Å². The molecule has 0 spiro atoms. The number of rotatable bonds is 15. The van der Waals surface area contributed by atoms with Gasteiger partial charge in [0.2, 0.25) is 17.0 Å². The Morgan fingerprint density at radius 1 is 0.915 bits per heavy atom. The molecule has 0 aliphatic carbocycles. The molecule has 4 N–H and O–H groups in total. The van der Waals surface area contributed by atoms with Crippen molar-refractivity contribution in [1.82, 2.24) is 30.8 Å². The zero-order chi connectivity index (χ0) is 33.0. The lowest BCUT2D eigenvalue weighted by molar-refractivity contribution is -0.245. The Morgan fingerprint density at radius 2 is 1.64 bits per heavy atom. The number of nitrogens with zero attached hydrogens (tertiary/aromatic N) is 4. The highest BCUT2D eigenvalue weighted by molar-refractivity contribution is 7.99. The number of carbonyl (C=O) groups is 2. The number of hydrogen-bond donors (Lipinski definition) is 4. The molecule has 0 radical (unpaired) electrons. The van der Waals surface area contributed by atoms with Crippen LogP contribution in [0.1, 0.15) is 73.7 Å². The van der Waals surface area contributed by atoms with Crippen LogP contribution in [0.3, 0.4) is 0 Å². The molecule has 2 heterocycles. The van der Waals surface area contributed by atoms with Crippen molar-refractivity contribution in [3.8, 4) is 11.4 Å². The Hall–Kier alpha value is -4.30. The van der Waals surface area contributed by atoms with Gasteiger partial charge in [-0.3, -0.25) is 9.59 Å². The van der Waals surface area contributed by atoms with Gasteiger partial charge in [0.1, 0.15) is 5.75 Å². The van der Waals surface area contributed by atoms with Crippen molar-refractivity contribution in [3.63, 3.8) is 0 Å². The molecule has 1 aliphatic rings. The molecule has 248 valence electrons. The number of aliphatic hydroxyl groups is 1. The first kappa shape index (κ1) is 34.0. The van der Waals surface area contributed by atoms with Crippen molar-refractivity contribution in [2.45, 2.75) is 75.8 Å². The summed E-state index contributed by atoms with van der Waals surface area (Å²) in [5.74, 6) is 0.696. The predicted molar refractivity (Wildman–Crippen MR) is 175 cm³/mol. The smallest absolute Gasteiger partial charge is 0.220 e. The number of unbranched alkanes of at least 4 members (excludes halogenated alkanes) is 2. The van der Waals surface area contributed by atoms with Gasteiger partial charge in [-0.25, -0.2) is 0 Å². The van der Waals surface area contributed by atoms with Crippen LogP contribution in [0.2, 0.25) is 0 Å². The number of aromatic hydroxyl groups is 1. The van der Waals surface area contributed by atoms with E-state index in [1.54, 1.807) is 28.9 Å². The van der Waals surface area contributed by atoms with Gasteiger partial charge in [0.05, 0.1) is 24.5 Å². The summed E-state index contributed by atoms with van der Waals surface area (Å²) in [5, 5.41) is 37.7. The van der Waals surface area contributed by atoms with Gasteiger partial charge in [-0.1, -0.05) is 66.7 Å². The molecule has 1 aliphatic heterocycles. The molecular weight excluding hydrogens is 620 g/mol. The number of nitrogens with one attached hydrogen (secondary N) is 2. The second-order valence-corrected chi connectivity index (χ2v) is 12.3. The van der Waals surface area contributed by atoms with Gasteiger partial charge in [-0.2, -0.15) is 4.68 Å². The van der Waals surface area contributed by atoms with Gasteiger partial charge in [-0.15, -0.1) is 5.10 Å². The standard InChI is InChI=1S/C34H40N6O6S/c1-23(42)35-18-4-2-3-5-32(44)36-20-24-6-12-27(13-7-24)33-45-30(19-31(46-33)26-10-8-25(21-41)9-11-26)22-47-34-37-38-39-40(34)28-14-16-29(43)17-15-28/h6-17,30-31,33,41,43H,2-5,18-22H2,1H3,(H,35,42)(H,36,44)/t30-,31+,33+/m0/s1. The van der Waals surface area contributed by atoms with Gasteiger partial charge < -0.3 is 30.3 Å². The highest BCUT2D eigenvalue weighted by Crippen LogP contribution is 2.39. The van der Waals surface area contributed by atoms with Crippen molar-refractivity contribution in [1.29, 1.82) is 0 Å². The van der Waals surface area contributed by atoms with Gasteiger partial charge >= 0.3 is 0 Å². The number of tetrazole rings is 1. The van der Waals surface area contributed by atoms with Crippen LogP contribution in [0.15, 0.2) is 78.0 Å². The quantitative estimate of drug-likeness (QED) is 0.106. The molecule has 3 atom stereocenters. The maximum absolute atomic E-state index is 12.3. The lowest BCUT2D eigenvalue weighted by atomic mass is 10.0. The Kier molecular flexibility index (Phi) is 12.3. The average molecular weight is 661 g/mol. The topological polar surface area (TPSA) is 161 Å². The third kappa shape index (κ3) is 10.1. The van der Waals surface area contributed by atoms with E-state index in [0.29, 0.717) is 36.8 Å². The molecule has 47 heavy (non-hydrogen) atoms. The molecule has 4 aromatic rings. The molecule has 5 rings (SSSR count). The van der Waals surface area contributed by atoms with E-state index in [-0.39, 0.29) is 36.4 Å². The summed E-state index contributed by atoms with van der Waals surface area (Å²) in [6.07, 6.45) is 2.52. The lowest BCUT2D eigenvalue weighted by Gasteiger charge is -2.36. The first-order valence-electron chi connectivity index (χ1n) is 15.7. The predicted octanol–water partition coefficient (Wildman–Crippen LogP) is 4.51. The summed E-state index contributed by atoms with van der Waals surface area (Å²) < 4.78 is 14.6. The Balaban J connectivity index is 1.20. The van der Waals surface area contributed by atoms with Crippen LogP contribution >= 0.6 is 11.8 Å². The van der Waals surface area contributed by atoms with Crippen molar-refractivity contribution in [2.24, 2.45) is 0 Å². The van der Waals surface area contributed by atoms with E-state index in [2.05, 4.69) is 26.2 Å². The van der Waals surface area contributed by atoms with Crippen molar-refractivity contribution in [2.75, 3.05) is 12.3 Å². The number of hydrogen-bond acceptors (Lipinski definition) is 10. The number of carbonyl (C=O) groups excluding carboxylic acids is 2. The zero-order valence-corrected chi connectivity index (χ0v) is 27.1. The third-order valence-corrected chi connectivity index (χ3v) is 8.80. The van der Waals surface area contributed by atoms with Crippen LogP contribution in [0.4, 0.5) is 0 Å². The highest BCUT2D eigenvalue weighted by atomic mass is 32.2. The molecular formula is C34H40N6O6S. The monoisotopic (exact) mass is 660 g/mol. The largest absolute Gasteiger partial charge is 0.508 e. The number of phenolic OH excluding ortho intramolecular Hbond substituents is 1. The zero-order valence-electron chi connectivity index (χ0n) is 26.2. The van der Waals surface area contributed by atoms with E-state index in [4.69, 9.17) is 9.47 Å². The minimum Gasteiger partial charge on any atom is -0.508 e. The molecule has 1 aromatic heterocycles. The molecule has 0 saturated carbocycles. The van der Waals surface area contributed by atoms with E-state index < -0.39 is 6.29 Å². The average Bonchev–Trinajstić information content (AvgIpc) is 3.57. The van der Waals surface area contributed by atoms with E-state index in [0.717, 1.165) is 47.2 Å². The van der Waals surface area contributed by atoms with Gasteiger partial charge in [0.25, 0.3) is 0 Å². The van der Waals surface area contributed by atoms with E-state index >= 15 is 0 Å². The second kappa shape index (κ2) is 17.0. The maximum atomic E-state index is 12.3. The van der Waals surface area contributed by atoms with Gasteiger partial charge in [0, 0.05) is 44.2 Å². The fourth-order valence-corrected chi connectivity index (χ4v) is 6.06. The maximum Gasteiger partial charge on any atom is 0.220 e. The number of amides is 2. The Morgan fingerprint density at radius 3 is 2.36 bits per heavy atom. The third-order valence-electron chi connectivity index (χ3n) is 7.74. The highest BCUT2D eigenvalue weighted by Gasteiger charge is 2.32. The minimum absolute atomic E-state index is 0.000560. The minimum atomic E-state index is -0.619. The number of benzene rings is 3. The van der Waals surface area contributed by atoms with Crippen LogP contribution in [0, 0.1) is 0 Å². The van der Waals surface area contributed by atoms with Crippen molar-refractivity contribution < 1.29 is 29.3 Å². The molecule has 12 nitrogen and oxygen atoms in total. The number of ether oxygens (including phenoxy) is 2. The summed E-state index contributed by atoms with van der Waals surface area (Å²) in [6.45, 7) is 2.53. The fraction of sp³-hybridized carbons (Fsp3) is 0.382. The van der Waals surface area contributed by atoms with E-state index in [1.807, 2.05) is 48.5 Å². The molecule has 0 unspecified atom stereocenters. The summed E-state index contributed by atoms with van der Waals surface area (Å²) in [6, 6.07) is 22.3. The second-order valence-electron chi connectivity index (χ2n) is 11.4. The number of aliphatic hydroxyl groups excluding tert-OH is 1. The SMILES string of the molecule is CC(=O)NCCCCCC(=O)NCc1ccc([C@@H]2O[C@H](CSc3nnnn3-c3ccc(O)cc3)C[C@H](c3ccc(CO)cc3)O2)cc1. The fourth-order valence-electron chi connectivity index (χ4n) is 5.15. The number of phenols is 1. The Bertz CT molecular complexity index is 1580. The first-order valence-corrected chi connectivity index (χ1v) is 16.7. The number of thioether (sulfide) groups is 1. The van der Waals surface area contributed by atoms with Crippen molar-refractivity contribution in [3.05, 3.63) is 95.1 Å². The lowest BCUT2D eigenvalue weighted by Crippen LogP contribution is -2.31. The molecule has 1 fully saturated rings. The van der Waals surface area contributed by atoms with Gasteiger partial charge in [0.15, 0.2) is 6.29 Å². The van der Waals surface area contributed by atoms with E-state index in [1.165, 1.54) is 18.7 Å². The summed E-state index contributed by atoms with van der Waals surface area (Å²) >= 11 is 1.48. The molecule has 2 amide bonds. The van der Waals surface area contributed by atoms with Crippen LogP contribution < -0.4 is 10.6 Å². The van der Waals surface area contributed by atoms with Gasteiger partial charge in [-0.05, 0) is 64.2 Å². The van der Waals surface area contributed by atoms with Crippen LogP contribution in [0.25, 0.3) is 5.69 Å². The normalized spacial score (nSPS) is 17.7. The summed E-state index contributed by atoms with van der Waals surface area (Å²) in [4.78, 5) is 23.3. The Labute approximate surface area is 277 Å². The number of aromatic nitrogens is 4.